The molecule has 0 saturated carbocycles. The number of halogens is 1. The van der Waals surface area contributed by atoms with E-state index in [4.69, 9.17) is 16.3 Å². The lowest BCUT2D eigenvalue weighted by atomic mass is 10.3. The normalized spacial score (nSPS) is 14.3. The van der Waals surface area contributed by atoms with Crippen molar-refractivity contribution in [1.29, 1.82) is 0 Å². The Morgan fingerprint density at radius 2 is 1.46 bits per heavy atom. The molecule has 0 aliphatic carbocycles. The van der Waals surface area contributed by atoms with Crippen molar-refractivity contribution in [3.8, 4) is 5.75 Å². The summed E-state index contributed by atoms with van der Waals surface area (Å²) in [5, 5.41) is 3.06. The van der Waals surface area contributed by atoms with Gasteiger partial charge in [0, 0.05) is 23.8 Å². The minimum absolute atomic E-state index is 0.0208. The second kappa shape index (κ2) is 11.1. The summed E-state index contributed by atoms with van der Waals surface area (Å²) in [4.78, 5) is 13.1. The number of nitrogens with zero attached hydrogens (tertiary/aromatic N) is 2. The lowest BCUT2D eigenvalue weighted by Gasteiger charge is -2.24. The summed E-state index contributed by atoms with van der Waals surface area (Å²) in [5.41, 5.74) is 0.589. The minimum atomic E-state index is -4.13. The molecule has 1 aliphatic rings. The number of hydrogen-bond acceptors (Lipinski definition) is 6. The Morgan fingerprint density at radius 1 is 0.892 bits per heavy atom. The fraction of sp³-hybridized carbons (Fsp3) is 0.240. The van der Waals surface area contributed by atoms with Crippen molar-refractivity contribution in [2.24, 2.45) is 0 Å². The molecule has 1 amide bonds. The van der Waals surface area contributed by atoms with Gasteiger partial charge in [-0.05, 0) is 85.6 Å². The van der Waals surface area contributed by atoms with E-state index in [1.807, 2.05) is 0 Å². The third kappa shape index (κ3) is 6.07. The summed E-state index contributed by atoms with van der Waals surface area (Å²) in [6.07, 6.45) is 1.66. The van der Waals surface area contributed by atoms with E-state index in [0.717, 1.165) is 17.1 Å². The summed E-state index contributed by atoms with van der Waals surface area (Å²) in [7, 11) is -6.24. The fourth-order valence-corrected chi connectivity index (χ4v) is 6.98. The summed E-state index contributed by atoms with van der Waals surface area (Å²) in [6.45, 7) is 0.456. The number of ether oxygens (including phenoxy) is 1. The van der Waals surface area contributed by atoms with Gasteiger partial charge in [-0.25, -0.2) is 16.8 Å². The predicted octanol–water partition coefficient (Wildman–Crippen LogP) is 3.97. The Balaban J connectivity index is 1.55. The topological polar surface area (TPSA) is 113 Å². The smallest absolute Gasteiger partial charge is 0.264 e. The zero-order chi connectivity index (χ0) is 26.6. The Morgan fingerprint density at radius 3 is 2.03 bits per heavy atom. The van der Waals surface area contributed by atoms with Crippen LogP contribution < -0.4 is 14.4 Å². The van der Waals surface area contributed by atoms with E-state index in [2.05, 4.69) is 5.32 Å². The molecule has 4 rings (SSSR count). The van der Waals surface area contributed by atoms with E-state index in [1.54, 1.807) is 0 Å². The summed E-state index contributed by atoms with van der Waals surface area (Å²) >= 11 is 5.97. The molecule has 1 fully saturated rings. The molecule has 12 heteroatoms. The van der Waals surface area contributed by atoms with Gasteiger partial charge in [-0.1, -0.05) is 11.6 Å². The highest BCUT2D eigenvalue weighted by Crippen LogP contribution is 2.27. The zero-order valence-electron chi connectivity index (χ0n) is 20.0. The molecule has 3 aromatic rings. The maximum atomic E-state index is 13.5. The zero-order valence-corrected chi connectivity index (χ0v) is 22.4. The van der Waals surface area contributed by atoms with Crippen LogP contribution in [0.3, 0.4) is 0 Å². The number of rotatable bonds is 9. The Bertz CT molecular complexity index is 1450. The number of hydrogen-bond donors (Lipinski definition) is 1. The van der Waals surface area contributed by atoms with Crippen LogP contribution in [0.5, 0.6) is 5.75 Å². The quantitative estimate of drug-likeness (QED) is 0.421. The number of sulfonamides is 2. The first-order valence-corrected chi connectivity index (χ1v) is 14.7. The van der Waals surface area contributed by atoms with Crippen molar-refractivity contribution in [1.82, 2.24) is 4.31 Å². The van der Waals surface area contributed by atoms with Crippen molar-refractivity contribution in [2.75, 3.05) is 36.4 Å². The van der Waals surface area contributed by atoms with Gasteiger partial charge in [0.1, 0.15) is 12.3 Å². The highest BCUT2D eigenvalue weighted by Gasteiger charge is 2.29. The summed E-state index contributed by atoms with van der Waals surface area (Å²) < 4.78 is 59.9. The van der Waals surface area contributed by atoms with E-state index < -0.39 is 32.5 Å². The first kappa shape index (κ1) is 26.9. The molecule has 0 bridgehead atoms. The molecule has 1 N–H and O–H groups in total. The van der Waals surface area contributed by atoms with Crippen LogP contribution in [0, 0.1) is 0 Å². The number of nitrogens with one attached hydrogen (secondary N) is 1. The molecular formula is C25H26ClN3O6S2. The van der Waals surface area contributed by atoms with Gasteiger partial charge < -0.3 is 10.1 Å². The highest BCUT2D eigenvalue weighted by atomic mass is 35.5. The third-order valence-corrected chi connectivity index (χ3v) is 9.84. The monoisotopic (exact) mass is 563 g/mol. The highest BCUT2D eigenvalue weighted by molar-refractivity contribution is 7.92. The molecular weight excluding hydrogens is 538 g/mol. The Hall–Kier alpha value is -3.12. The number of methoxy groups -OCH3 is 1. The van der Waals surface area contributed by atoms with E-state index in [9.17, 15) is 21.6 Å². The minimum Gasteiger partial charge on any atom is -0.497 e. The van der Waals surface area contributed by atoms with Crippen LogP contribution in [0.4, 0.5) is 11.4 Å². The lowest BCUT2D eigenvalue weighted by Crippen LogP contribution is -2.38. The average molecular weight is 564 g/mol. The van der Waals surface area contributed by atoms with Crippen LogP contribution in [0.1, 0.15) is 12.8 Å². The van der Waals surface area contributed by atoms with Crippen LogP contribution in [0.15, 0.2) is 82.6 Å². The number of anilines is 2. The van der Waals surface area contributed by atoms with Gasteiger partial charge in [0.2, 0.25) is 15.9 Å². The first-order valence-electron chi connectivity index (χ1n) is 11.4. The summed E-state index contributed by atoms with van der Waals surface area (Å²) in [6, 6.07) is 17.7. The maximum Gasteiger partial charge on any atom is 0.264 e. The molecule has 0 atom stereocenters. The van der Waals surface area contributed by atoms with Gasteiger partial charge >= 0.3 is 0 Å². The molecule has 9 nitrogen and oxygen atoms in total. The first-order chi connectivity index (χ1) is 17.6. The van der Waals surface area contributed by atoms with Crippen LogP contribution in [0.2, 0.25) is 5.02 Å². The summed E-state index contributed by atoms with van der Waals surface area (Å²) in [5.74, 6) is -0.118. The standard InChI is InChI=1S/C25H26ClN3O6S2/c1-35-22-10-14-24(15-11-22)37(33,34)29(21-8-4-19(26)5-9-21)18-25(30)27-20-6-12-23(13-7-20)36(31,32)28-16-2-3-17-28/h4-15H,2-3,16-18H2,1H3,(H,27,30). The van der Waals surface area contributed by atoms with E-state index in [-0.39, 0.29) is 15.5 Å². The second-order valence-electron chi connectivity index (χ2n) is 8.35. The van der Waals surface area contributed by atoms with Crippen molar-refractivity contribution >= 4 is 48.9 Å². The van der Waals surface area contributed by atoms with Gasteiger partial charge in [-0.15, -0.1) is 0 Å². The van der Waals surface area contributed by atoms with Crippen molar-refractivity contribution in [2.45, 2.75) is 22.6 Å². The van der Waals surface area contributed by atoms with Gasteiger partial charge in [0.05, 0.1) is 22.6 Å². The largest absolute Gasteiger partial charge is 0.497 e. The van der Waals surface area contributed by atoms with E-state index in [1.165, 1.54) is 84.2 Å². The number of amides is 1. The van der Waals surface area contributed by atoms with Crippen LogP contribution in [-0.4, -0.2) is 53.8 Å². The Labute approximate surface area is 221 Å². The van der Waals surface area contributed by atoms with E-state index >= 15 is 0 Å². The van der Waals surface area contributed by atoms with Gasteiger partial charge in [0.25, 0.3) is 10.0 Å². The Kier molecular flexibility index (Phi) is 8.08. The maximum absolute atomic E-state index is 13.5. The van der Waals surface area contributed by atoms with Gasteiger partial charge in [-0.3, -0.25) is 9.10 Å². The number of benzene rings is 3. The molecule has 0 unspecified atom stereocenters. The van der Waals surface area contributed by atoms with Crippen LogP contribution >= 0.6 is 11.6 Å². The molecule has 3 aromatic carbocycles. The van der Waals surface area contributed by atoms with Crippen LogP contribution in [0.25, 0.3) is 0 Å². The molecule has 0 aromatic heterocycles. The molecule has 0 spiro atoms. The molecule has 0 radical (unpaired) electrons. The fourth-order valence-electron chi connectivity index (χ4n) is 3.92. The molecule has 37 heavy (non-hydrogen) atoms. The van der Waals surface area contributed by atoms with Crippen molar-refractivity contribution in [3.63, 3.8) is 0 Å². The molecule has 1 heterocycles. The number of carbonyl (C=O) groups is 1. The van der Waals surface area contributed by atoms with Crippen molar-refractivity contribution < 1.29 is 26.4 Å². The van der Waals surface area contributed by atoms with Crippen molar-refractivity contribution in [3.05, 3.63) is 77.8 Å². The second-order valence-corrected chi connectivity index (χ2v) is 12.6. The van der Waals surface area contributed by atoms with E-state index in [0.29, 0.717) is 29.5 Å². The third-order valence-electron chi connectivity index (χ3n) is 5.89. The average Bonchev–Trinajstić information content (AvgIpc) is 3.44. The van der Waals surface area contributed by atoms with Gasteiger partial charge in [-0.2, -0.15) is 4.31 Å². The van der Waals surface area contributed by atoms with Gasteiger partial charge in [0.15, 0.2) is 0 Å². The predicted molar refractivity (Wildman–Crippen MR) is 142 cm³/mol. The molecule has 1 saturated heterocycles. The van der Waals surface area contributed by atoms with Crippen LogP contribution in [-0.2, 0) is 24.8 Å². The number of carbonyl (C=O) groups excluding carboxylic acids is 1. The molecule has 1 aliphatic heterocycles. The molecule has 196 valence electrons. The lowest BCUT2D eigenvalue weighted by molar-refractivity contribution is -0.114. The SMILES string of the molecule is COc1ccc(S(=O)(=O)N(CC(=O)Nc2ccc(S(=O)(=O)N3CCCC3)cc2)c2ccc(Cl)cc2)cc1.